The van der Waals surface area contributed by atoms with Gasteiger partial charge in [-0.15, -0.1) is 0 Å². The molecule has 1 aliphatic carbocycles. The molecule has 2 fully saturated rings. The monoisotopic (exact) mass is 605 g/mol. The van der Waals surface area contributed by atoms with Crippen LogP contribution in [0, 0.1) is 5.92 Å². The number of nitrogens with zero attached hydrogens (tertiary/aromatic N) is 2. The molecule has 2 aliphatic rings. The summed E-state index contributed by atoms with van der Waals surface area (Å²) in [4.78, 5) is 54.5. The second-order valence-electron chi connectivity index (χ2n) is 12.0. The second kappa shape index (κ2) is 16.8. The van der Waals surface area contributed by atoms with E-state index < -0.39 is 18.2 Å². The van der Waals surface area contributed by atoms with Gasteiger partial charge >= 0.3 is 6.09 Å². The smallest absolute Gasteiger partial charge is 0.405 e. The van der Waals surface area contributed by atoms with Gasteiger partial charge in [-0.1, -0.05) is 87.2 Å². The molecule has 0 aromatic heterocycles. The molecule has 2 aromatic rings. The summed E-state index contributed by atoms with van der Waals surface area (Å²) in [6, 6.07) is 16.5. The minimum absolute atomic E-state index is 0.00406. The highest BCUT2D eigenvalue weighted by Crippen LogP contribution is 2.26. The van der Waals surface area contributed by atoms with Crippen molar-refractivity contribution in [1.29, 1.82) is 0 Å². The predicted molar refractivity (Wildman–Crippen MR) is 169 cm³/mol. The van der Waals surface area contributed by atoms with Crippen molar-refractivity contribution in [1.82, 2.24) is 25.8 Å². The van der Waals surface area contributed by atoms with Crippen LogP contribution in [0.5, 0.6) is 0 Å². The molecular weight excluding hydrogens is 558 g/mol. The Hall–Kier alpha value is -3.92. The summed E-state index contributed by atoms with van der Waals surface area (Å²) >= 11 is 0. The molecule has 1 saturated heterocycles. The fraction of sp³-hybridized carbons (Fsp3) is 0.529. The van der Waals surface area contributed by atoms with E-state index in [4.69, 9.17) is 0 Å². The predicted octanol–water partition coefficient (Wildman–Crippen LogP) is 3.69. The number of carbonyl (C=O) groups excluding carboxylic acids is 3. The maximum Gasteiger partial charge on any atom is 0.405 e. The highest BCUT2D eigenvalue weighted by atomic mass is 16.4. The highest BCUT2D eigenvalue weighted by molar-refractivity contribution is 5.88. The maximum absolute atomic E-state index is 13.6. The first-order valence-corrected chi connectivity index (χ1v) is 16.0. The minimum Gasteiger partial charge on any atom is -0.465 e. The van der Waals surface area contributed by atoms with Crippen LogP contribution in [-0.4, -0.2) is 77.0 Å². The Morgan fingerprint density at radius 2 is 1.45 bits per heavy atom. The molecule has 10 nitrogen and oxygen atoms in total. The van der Waals surface area contributed by atoms with Crippen LogP contribution in [0.1, 0.15) is 68.6 Å². The van der Waals surface area contributed by atoms with Crippen LogP contribution in [0.2, 0.25) is 0 Å². The third kappa shape index (κ3) is 10.1. The molecule has 4 rings (SSSR count). The lowest BCUT2D eigenvalue weighted by molar-refractivity contribution is -0.138. The molecule has 238 valence electrons. The molecule has 2 aromatic carbocycles. The van der Waals surface area contributed by atoms with Gasteiger partial charge in [-0.05, 0) is 35.4 Å². The molecule has 2 atom stereocenters. The van der Waals surface area contributed by atoms with E-state index in [-0.39, 0.29) is 30.2 Å². The number of carbonyl (C=O) groups is 4. The summed E-state index contributed by atoms with van der Waals surface area (Å²) in [5.41, 5.74) is 3.02. The van der Waals surface area contributed by atoms with Crippen molar-refractivity contribution in [2.45, 2.75) is 83.5 Å². The van der Waals surface area contributed by atoms with Gasteiger partial charge in [0, 0.05) is 52.1 Å². The molecule has 0 spiro atoms. The van der Waals surface area contributed by atoms with E-state index in [9.17, 15) is 24.3 Å². The molecule has 1 heterocycles. The first-order valence-electron chi connectivity index (χ1n) is 16.0. The summed E-state index contributed by atoms with van der Waals surface area (Å²) < 4.78 is 0. The summed E-state index contributed by atoms with van der Waals surface area (Å²) in [6.07, 6.45) is 5.39. The van der Waals surface area contributed by atoms with Gasteiger partial charge < -0.3 is 26.0 Å². The number of piperazine rings is 1. The fourth-order valence-electron chi connectivity index (χ4n) is 6.19. The van der Waals surface area contributed by atoms with Crippen molar-refractivity contribution >= 4 is 23.8 Å². The lowest BCUT2D eigenvalue weighted by Gasteiger charge is -2.36. The number of nitrogens with one attached hydrogen (secondary N) is 3. The van der Waals surface area contributed by atoms with Crippen LogP contribution >= 0.6 is 0 Å². The Kier molecular flexibility index (Phi) is 12.6. The fourth-order valence-corrected chi connectivity index (χ4v) is 6.19. The van der Waals surface area contributed by atoms with Crippen LogP contribution in [0.15, 0.2) is 54.6 Å². The molecule has 2 unspecified atom stereocenters. The summed E-state index contributed by atoms with van der Waals surface area (Å²) in [5.74, 6) is -0.544. The van der Waals surface area contributed by atoms with Crippen molar-refractivity contribution in [3.05, 3.63) is 71.3 Å². The standard InChI is InChI=1S/C34H47N5O5/c1-2-30(40)36-29(33(42)39-20-18-38(19-21-39)24-27-10-6-5-7-11-27)22-25-14-16-26(17-15-25)23-35-32(41)31(37-34(43)44)28-12-8-3-4-9-13-28/h5-7,10-11,14-17,28-29,31,37H,2-4,8-9,12-13,18-24H2,1H3,(H,35,41)(H,36,40)(H,43,44). The normalized spacial score (nSPS) is 17.6. The van der Waals surface area contributed by atoms with Gasteiger partial charge in [0.15, 0.2) is 0 Å². The Bertz CT molecular complexity index is 1220. The summed E-state index contributed by atoms with van der Waals surface area (Å²) in [6.45, 7) is 5.67. The zero-order valence-corrected chi connectivity index (χ0v) is 25.8. The van der Waals surface area contributed by atoms with Gasteiger partial charge in [-0.25, -0.2) is 4.79 Å². The summed E-state index contributed by atoms with van der Waals surface area (Å²) in [7, 11) is 0. The van der Waals surface area contributed by atoms with E-state index in [1.807, 2.05) is 47.4 Å². The van der Waals surface area contributed by atoms with E-state index in [0.717, 1.165) is 69.3 Å². The van der Waals surface area contributed by atoms with Crippen LogP contribution in [0.3, 0.4) is 0 Å². The maximum atomic E-state index is 13.6. The Balaban J connectivity index is 1.32. The van der Waals surface area contributed by atoms with Crippen LogP contribution < -0.4 is 16.0 Å². The zero-order valence-electron chi connectivity index (χ0n) is 25.8. The Morgan fingerprint density at radius 1 is 0.818 bits per heavy atom. The van der Waals surface area contributed by atoms with Crippen molar-refractivity contribution in [2.75, 3.05) is 26.2 Å². The number of hydrogen-bond donors (Lipinski definition) is 4. The SMILES string of the molecule is CCC(=O)NC(Cc1ccc(CNC(=O)C(NC(=O)O)C2CCCCCC2)cc1)C(=O)N1CCN(Cc2ccccc2)CC1. The molecule has 4 amide bonds. The third-order valence-corrected chi connectivity index (χ3v) is 8.75. The van der Waals surface area contributed by atoms with Gasteiger partial charge in [0.1, 0.15) is 12.1 Å². The molecule has 44 heavy (non-hydrogen) atoms. The molecule has 4 N–H and O–H groups in total. The lowest BCUT2D eigenvalue weighted by Crippen LogP contribution is -2.55. The van der Waals surface area contributed by atoms with E-state index in [2.05, 4.69) is 33.0 Å². The molecule has 0 bridgehead atoms. The highest BCUT2D eigenvalue weighted by Gasteiger charge is 2.31. The number of hydrogen-bond acceptors (Lipinski definition) is 5. The largest absolute Gasteiger partial charge is 0.465 e. The average Bonchev–Trinajstić information content (AvgIpc) is 3.33. The third-order valence-electron chi connectivity index (χ3n) is 8.75. The quantitative estimate of drug-likeness (QED) is 0.273. The Morgan fingerprint density at radius 3 is 2.07 bits per heavy atom. The van der Waals surface area contributed by atoms with E-state index in [1.54, 1.807) is 6.92 Å². The topological polar surface area (TPSA) is 131 Å². The van der Waals surface area contributed by atoms with E-state index >= 15 is 0 Å². The van der Waals surface area contributed by atoms with Crippen molar-refractivity contribution < 1.29 is 24.3 Å². The molecule has 0 radical (unpaired) electrons. The lowest BCUT2D eigenvalue weighted by atomic mass is 9.91. The molecule has 1 aliphatic heterocycles. The average molecular weight is 606 g/mol. The number of carboxylic acid groups (broad SMARTS) is 1. The number of rotatable bonds is 12. The minimum atomic E-state index is -1.19. The summed E-state index contributed by atoms with van der Waals surface area (Å²) in [5, 5.41) is 17.6. The van der Waals surface area contributed by atoms with Gasteiger partial charge in [0.05, 0.1) is 0 Å². The van der Waals surface area contributed by atoms with Gasteiger partial charge in [-0.2, -0.15) is 0 Å². The van der Waals surface area contributed by atoms with Gasteiger partial charge in [0.2, 0.25) is 17.7 Å². The van der Waals surface area contributed by atoms with E-state index in [0.29, 0.717) is 25.9 Å². The number of benzene rings is 2. The first kappa shape index (κ1) is 33.0. The van der Waals surface area contributed by atoms with Crippen LogP contribution in [-0.2, 0) is 33.9 Å². The van der Waals surface area contributed by atoms with Crippen molar-refractivity contribution in [3.63, 3.8) is 0 Å². The van der Waals surface area contributed by atoms with Crippen LogP contribution in [0.4, 0.5) is 4.79 Å². The van der Waals surface area contributed by atoms with Crippen LogP contribution in [0.25, 0.3) is 0 Å². The number of amides is 4. The molecular formula is C34H47N5O5. The Labute approximate surface area is 260 Å². The van der Waals surface area contributed by atoms with Gasteiger partial charge in [0.25, 0.3) is 0 Å². The van der Waals surface area contributed by atoms with Gasteiger partial charge in [-0.3, -0.25) is 19.3 Å². The molecule has 1 saturated carbocycles. The van der Waals surface area contributed by atoms with Crippen molar-refractivity contribution in [2.24, 2.45) is 5.92 Å². The first-order chi connectivity index (χ1) is 21.3. The van der Waals surface area contributed by atoms with Crippen molar-refractivity contribution in [3.8, 4) is 0 Å². The zero-order chi connectivity index (χ0) is 31.3. The second-order valence-corrected chi connectivity index (χ2v) is 12.0. The van der Waals surface area contributed by atoms with E-state index in [1.165, 1.54) is 5.56 Å². The molecule has 10 heteroatoms.